The summed E-state index contributed by atoms with van der Waals surface area (Å²) in [5.74, 6) is 0.243. The summed E-state index contributed by atoms with van der Waals surface area (Å²) in [6.45, 7) is 1.97. The lowest BCUT2D eigenvalue weighted by Crippen LogP contribution is -2.30. The highest BCUT2D eigenvalue weighted by Gasteiger charge is 2.30. The predicted octanol–water partition coefficient (Wildman–Crippen LogP) is 1.32. The minimum atomic E-state index is -0.817. The number of ether oxygens (including phenoxy) is 2. The molecule has 118 valence electrons. The first-order chi connectivity index (χ1) is 10.6. The summed E-state index contributed by atoms with van der Waals surface area (Å²) in [5, 5.41) is 8.97. The molecular weight excluding hydrogens is 286 g/mol. The predicted molar refractivity (Wildman–Crippen MR) is 78.1 cm³/mol. The zero-order chi connectivity index (χ0) is 15.5. The van der Waals surface area contributed by atoms with Gasteiger partial charge in [-0.25, -0.2) is 0 Å². The van der Waals surface area contributed by atoms with Gasteiger partial charge in [-0.15, -0.1) is 0 Å². The highest BCUT2D eigenvalue weighted by atomic mass is 16.6. The molecule has 2 aliphatic rings. The molecule has 1 saturated heterocycles. The van der Waals surface area contributed by atoms with Crippen molar-refractivity contribution in [3.05, 3.63) is 23.8 Å². The van der Waals surface area contributed by atoms with E-state index in [0.717, 1.165) is 17.1 Å². The number of rotatable bonds is 4. The molecule has 2 heterocycles. The number of benzene rings is 1. The molecule has 1 fully saturated rings. The van der Waals surface area contributed by atoms with Crippen LogP contribution in [0.1, 0.15) is 18.4 Å². The largest absolute Gasteiger partial charge is 0.486 e. The third kappa shape index (κ3) is 3.16. The summed E-state index contributed by atoms with van der Waals surface area (Å²) in [6, 6.07) is 5.71. The molecule has 0 aliphatic carbocycles. The Kier molecular flexibility index (Phi) is 4.18. The minimum absolute atomic E-state index is 0.0126. The number of aliphatic carboxylic acids is 1. The smallest absolute Gasteiger partial charge is 0.308 e. The molecule has 1 aromatic carbocycles. The second-order valence-corrected chi connectivity index (χ2v) is 5.64. The molecule has 6 heteroatoms. The number of carbonyl (C=O) groups excluding carboxylic acids is 1. The van der Waals surface area contributed by atoms with Gasteiger partial charge in [0.2, 0.25) is 5.91 Å². The van der Waals surface area contributed by atoms with E-state index in [1.165, 1.54) is 0 Å². The monoisotopic (exact) mass is 305 g/mol. The Morgan fingerprint density at radius 2 is 2.00 bits per heavy atom. The molecule has 1 unspecified atom stereocenters. The molecule has 2 aliphatic heterocycles. The van der Waals surface area contributed by atoms with Gasteiger partial charge in [0.25, 0.3) is 0 Å². The number of hydrogen-bond donors (Lipinski definition) is 1. The Balaban J connectivity index is 1.54. The molecule has 1 N–H and O–H groups in total. The van der Waals surface area contributed by atoms with Crippen molar-refractivity contribution in [1.29, 1.82) is 0 Å². The number of carbonyl (C=O) groups is 2. The fraction of sp³-hybridized carbons (Fsp3) is 0.500. The second-order valence-electron chi connectivity index (χ2n) is 5.64. The van der Waals surface area contributed by atoms with Crippen LogP contribution in [0.3, 0.4) is 0 Å². The Bertz CT molecular complexity index is 586. The molecule has 6 nitrogen and oxygen atoms in total. The molecule has 0 spiro atoms. The van der Waals surface area contributed by atoms with E-state index in [4.69, 9.17) is 14.6 Å². The topological polar surface area (TPSA) is 76.1 Å². The van der Waals surface area contributed by atoms with Gasteiger partial charge in [0, 0.05) is 19.5 Å². The van der Waals surface area contributed by atoms with Crippen LogP contribution in [-0.2, 0) is 16.0 Å². The molecular formula is C16H19NO5. The van der Waals surface area contributed by atoms with E-state index < -0.39 is 11.9 Å². The first-order valence-corrected chi connectivity index (χ1v) is 7.52. The van der Waals surface area contributed by atoms with Crippen LogP contribution in [0, 0.1) is 5.92 Å². The van der Waals surface area contributed by atoms with Gasteiger partial charge in [0.15, 0.2) is 11.5 Å². The fourth-order valence-corrected chi connectivity index (χ4v) is 2.84. The summed E-state index contributed by atoms with van der Waals surface area (Å²) in [5.41, 5.74) is 1.02. The van der Waals surface area contributed by atoms with Crippen molar-refractivity contribution in [3.63, 3.8) is 0 Å². The van der Waals surface area contributed by atoms with Crippen molar-refractivity contribution in [2.45, 2.75) is 19.3 Å². The van der Waals surface area contributed by atoms with Crippen LogP contribution >= 0.6 is 0 Å². The van der Waals surface area contributed by atoms with E-state index in [1.807, 2.05) is 18.2 Å². The van der Waals surface area contributed by atoms with Gasteiger partial charge >= 0.3 is 5.97 Å². The molecule has 0 bridgehead atoms. The summed E-state index contributed by atoms with van der Waals surface area (Å²) in [4.78, 5) is 24.7. The van der Waals surface area contributed by atoms with Crippen LogP contribution in [0.25, 0.3) is 0 Å². The van der Waals surface area contributed by atoms with Gasteiger partial charge in [0.05, 0.1) is 5.92 Å². The average Bonchev–Trinajstić information content (AvgIpc) is 3.03. The standard InChI is InChI=1S/C16H19NO5/c18-15(17-6-5-12(10-17)16(19)20)4-2-11-1-3-13-14(9-11)22-8-7-21-13/h1,3,9,12H,2,4-8,10H2,(H,19,20). The molecule has 0 aromatic heterocycles. The van der Waals surface area contributed by atoms with Gasteiger partial charge in [-0.1, -0.05) is 6.07 Å². The van der Waals surface area contributed by atoms with E-state index >= 15 is 0 Å². The van der Waals surface area contributed by atoms with Crippen molar-refractivity contribution in [3.8, 4) is 11.5 Å². The number of carboxylic acid groups (broad SMARTS) is 1. The molecule has 22 heavy (non-hydrogen) atoms. The van der Waals surface area contributed by atoms with Gasteiger partial charge in [-0.2, -0.15) is 0 Å². The normalized spacial score (nSPS) is 20.0. The zero-order valence-electron chi connectivity index (χ0n) is 12.3. The maximum absolute atomic E-state index is 12.2. The number of likely N-dealkylation sites (tertiary alicyclic amines) is 1. The maximum atomic E-state index is 12.2. The molecule has 3 rings (SSSR count). The van der Waals surface area contributed by atoms with Gasteiger partial charge in [-0.3, -0.25) is 9.59 Å². The number of fused-ring (bicyclic) bond motifs is 1. The van der Waals surface area contributed by atoms with Crippen LogP contribution in [0.15, 0.2) is 18.2 Å². The number of nitrogens with zero attached hydrogens (tertiary/aromatic N) is 1. The van der Waals surface area contributed by atoms with E-state index in [1.54, 1.807) is 4.90 Å². The van der Waals surface area contributed by atoms with Crippen LogP contribution in [0.4, 0.5) is 0 Å². The van der Waals surface area contributed by atoms with Crippen molar-refractivity contribution >= 4 is 11.9 Å². The summed E-state index contributed by atoms with van der Waals surface area (Å²) in [7, 11) is 0. The van der Waals surface area contributed by atoms with Crippen molar-refractivity contribution in [2.75, 3.05) is 26.3 Å². The quantitative estimate of drug-likeness (QED) is 0.908. The Morgan fingerprint density at radius 3 is 2.73 bits per heavy atom. The number of aryl methyl sites for hydroxylation is 1. The minimum Gasteiger partial charge on any atom is -0.486 e. The van der Waals surface area contributed by atoms with Crippen LogP contribution in [0.2, 0.25) is 0 Å². The molecule has 0 saturated carbocycles. The highest BCUT2D eigenvalue weighted by Crippen LogP contribution is 2.31. The molecule has 0 radical (unpaired) electrons. The summed E-state index contributed by atoms with van der Waals surface area (Å²) >= 11 is 0. The lowest BCUT2D eigenvalue weighted by atomic mass is 10.1. The van der Waals surface area contributed by atoms with Crippen molar-refractivity contribution in [2.24, 2.45) is 5.92 Å². The number of carboxylic acids is 1. The van der Waals surface area contributed by atoms with E-state index in [-0.39, 0.29) is 5.91 Å². The van der Waals surface area contributed by atoms with Crippen molar-refractivity contribution in [1.82, 2.24) is 4.90 Å². The van der Waals surface area contributed by atoms with Crippen LogP contribution in [-0.4, -0.2) is 48.2 Å². The third-order valence-electron chi connectivity index (χ3n) is 4.12. The fourth-order valence-electron chi connectivity index (χ4n) is 2.84. The molecule has 1 amide bonds. The van der Waals surface area contributed by atoms with Crippen molar-refractivity contribution < 1.29 is 24.2 Å². The SMILES string of the molecule is O=C(O)C1CCN(C(=O)CCc2ccc3c(c2)OCCO3)C1. The Labute approximate surface area is 128 Å². The lowest BCUT2D eigenvalue weighted by molar-refractivity contribution is -0.141. The van der Waals surface area contributed by atoms with Gasteiger partial charge in [0.1, 0.15) is 13.2 Å². The lowest BCUT2D eigenvalue weighted by Gasteiger charge is -2.19. The first kappa shape index (κ1) is 14.7. The summed E-state index contributed by atoms with van der Waals surface area (Å²) in [6.07, 6.45) is 1.54. The maximum Gasteiger partial charge on any atom is 0.308 e. The van der Waals surface area contributed by atoms with Gasteiger partial charge < -0.3 is 19.5 Å². The Morgan fingerprint density at radius 1 is 1.23 bits per heavy atom. The average molecular weight is 305 g/mol. The van der Waals surface area contributed by atoms with E-state index in [0.29, 0.717) is 45.6 Å². The van der Waals surface area contributed by atoms with E-state index in [2.05, 4.69) is 0 Å². The third-order valence-corrected chi connectivity index (χ3v) is 4.12. The second kappa shape index (κ2) is 6.25. The number of hydrogen-bond acceptors (Lipinski definition) is 4. The Hall–Kier alpha value is -2.24. The van der Waals surface area contributed by atoms with Crippen LogP contribution < -0.4 is 9.47 Å². The first-order valence-electron chi connectivity index (χ1n) is 7.52. The van der Waals surface area contributed by atoms with Crippen LogP contribution in [0.5, 0.6) is 11.5 Å². The highest BCUT2D eigenvalue weighted by molar-refractivity contribution is 5.79. The van der Waals surface area contributed by atoms with E-state index in [9.17, 15) is 9.59 Å². The summed E-state index contributed by atoms with van der Waals surface area (Å²) < 4.78 is 11.0. The molecule has 1 aromatic rings. The zero-order valence-corrected chi connectivity index (χ0v) is 12.3. The van der Waals surface area contributed by atoms with Gasteiger partial charge in [-0.05, 0) is 30.5 Å². The number of amides is 1. The molecule has 1 atom stereocenters.